The standard InChI is InChI=1S/C7H18N.CH4.ClH/c1-5-6-7-8(2,3)4;;/h5-7H2,1-4H3;1H4;1H/q+1;;/p-1. The van der Waals surface area contributed by atoms with E-state index >= 15 is 0 Å². The molecule has 0 aromatic rings. The Hall–Kier alpha value is 0.250. The smallest absolute Gasteiger partial charge is 0.0780 e. The number of hydrogen-bond donors (Lipinski definition) is 0. The van der Waals surface area contributed by atoms with Crippen LogP contribution in [0.2, 0.25) is 0 Å². The highest BCUT2D eigenvalue weighted by atomic mass is 35.5. The molecule has 0 aliphatic heterocycles. The minimum atomic E-state index is 0. The van der Waals surface area contributed by atoms with E-state index in [1.54, 1.807) is 0 Å². The quantitative estimate of drug-likeness (QED) is 0.480. The van der Waals surface area contributed by atoms with Gasteiger partial charge in [-0.25, -0.2) is 0 Å². The van der Waals surface area contributed by atoms with Gasteiger partial charge < -0.3 is 16.9 Å². The summed E-state index contributed by atoms with van der Waals surface area (Å²) in [6, 6.07) is 0. The van der Waals surface area contributed by atoms with Crippen LogP contribution in [0.5, 0.6) is 0 Å². The van der Waals surface area contributed by atoms with E-state index in [4.69, 9.17) is 0 Å². The summed E-state index contributed by atoms with van der Waals surface area (Å²) >= 11 is 0. The maximum atomic E-state index is 2.23. The highest BCUT2D eigenvalue weighted by molar-refractivity contribution is 4.29. The molecule has 0 fully saturated rings. The molecular weight excluding hydrogens is 146 g/mol. The molecular formula is C8H22ClN. The van der Waals surface area contributed by atoms with Gasteiger partial charge in [0.05, 0.1) is 27.7 Å². The molecule has 1 nitrogen and oxygen atoms in total. The Labute approximate surface area is 72.4 Å². The lowest BCUT2D eigenvalue weighted by molar-refractivity contribution is -0.870. The normalized spacial score (nSPS) is 9.60. The second-order valence-corrected chi connectivity index (χ2v) is 3.37. The molecule has 0 atom stereocenters. The first-order valence-electron chi connectivity index (χ1n) is 3.36. The van der Waals surface area contributed by atoms with Gasteiger partial charge in [-0.05, 0) is 6.42 Å². The van der Waals surface area contributed by atoms with Crippen LogP contribution in [0.1, 0.15) is 27.2 Å². The number of quaternary nitrogens is 1. The monoisotopic (exact) mass is 167 g/mol. The molecule has 0 heterocycles. The molecule has 0 rings (SSSR count). The maximum Gasteiger partial charge on any atom is 0.0780 e. The molecule has 0 spiro atoms. The van der Waals surface area contributed by atoms with E-state index in [-0.39, 0.29) is 19.8 Å². The van der Waals surface area contributed by atoms with E-state index in [9.17, 15) is 0 Å². The fraction of sp³-hybridized carbons (Fsp3) is 1.00. The number of nitrogens with zero attached hydrogens (tertiary/aromatic N) is 1. The van der Waals surface area contributed by atoms with Crippen LogP contribution >= 0.6 is 0 Å². The number of hydrogen-bond acceptors (Lipinski definition) is 0. The summed E-state index contributed by atoms with van der Waals surface area (Å²) in [5.74, 6) is 0. The van der Waals surface area contributed by atoms with Crippen molar-refractivity contribution in [1.82, 2.24) is 0 Å². The van der Waals surface area contributed by atoms with Gasteiger partial charge in [0.15, 0.2) is 0 Å². The molecule has 2 heteroatoms. The van der Waals surface area contributed by atoms with Gasteiger partial charge in [0.1, 0.15) is 0 Å². The predicted octanol–water partition coefficient (Wildman–Crippen LogP) is -0.867. The molecule has 0 saturated heterocycles. The van der Waals surface area contributed by atoms with E-state index < -0.39 is 0 Å². The van der Waals surface area contributed by atoms with Gasteiger partial charge in [0.2, 0.25) is 0 Å². The Morgan fingerprint density at radius 2 is 1.50 bits per heavy atom. The van der Waals surface area contributed by atoms with Crippen molar-refractivity contribution in [3.05, 3.63) is 0 Å². The molecule has 0 radical (unpaired) electrons. The molecule has 0 saturated carbocycles. The highest BCUT2D eigenvalue weighted by Gasteiger charge is 2.02. The van der Waals surface area contributed by atoms with Crippen molar-refractivity contribution < 1.29 is 16.9 Å². The van der Waals surface area contributed by atoms with Gasteiger partial charge in [0.25, 0.3) is 0 Å². The molecule has 0 bridgehead atoms. The Morgan fingerprint density at radius 1 is 1.10 bits per heavy atom. The first kappa shape index (κ1) is 16.7. The van der Waals surface area contributed by atoms with Crippen molar-refractivity contribution in [2.45, 2.75) is 27.2 Å². The molecule has 0 N–H and O–H groups in total. The molecule has 0 amide bonds. The van der Waals surface area contributed by atoms with Gasteiger partial charge >= 0.3 is 0 Å². The van der Waals surface area contributed by atoms with Crippen LogP contribution in [-0.4, -0.2) is 32.2 Å². The summed E-state index contributed by atoms with van der Waals surface area (Å²) in [5, 5.41) is 0. The summed E-state index contributed by atoms with van der Waals surface area (Å²) < 4.78 is 1.10. The first-order valence-corrected chi connectivity index (χ1v) is 3.36. The van der Waals surface area contributed by atoms with Crippen LogP contribution in [0.15, 0.2) is 0 Å². The van der Waals surface area contributed by atoms with E-state index in [1.807, 2.05) is 0 Å². The van der Waals surface area contributed by atoms with E-state index in [1.165, 1.54) is 19.4 Å². The zero-order valence-electron chi connectivity index (χ0n) is 6.95. The summed E-state index contributed by atoms with van der Waals surface area (Å²) in [4.78, 5) is 0. The summed E-state index contributed by atoms with van der Waals surface area (Å²) in [6.45, 7) is 3.53. The lowest BCUT2D eigenvalue weighted by Gasteiger charge is -2.23. The third-order valence-corrected chi connectivity index (χ3v) is 1.18. The highest BCUT2D eigenvalue weighted by Crippen LogP contribution is 1.94. The topological polar surface area (TPSA) is 0 Å². The second-order valence-electron chi connectivity index (χ2n) is 3.37. The van der Waals surface area contributed by atoms with Gasteiger partial charge in [0, 0.05) is 0 Å². The fourth-order valence-corrected chi connectivity index (χ4v) is 0.632. The maximum absolute atomic E-state index is 2.23. The van der Waals surface area contributed by atoms with Gasteiger partial charge in [-0.3, -0.25) is 0 Å². The molecule has 0 unspecified atom stereocenters. The average molecular weight is 168 g/mol. The van der Waals surface area contributed by atoms with Crippen LogP contribution in [0.3, 0.4) is 0 Å². The fourth-order valence-electron chi connectivity index (χ4n) is 0.632. The van der Waals surface area contributed by atoms with Crippen LogP contribution < -0.4 is 12.4 Å². The third kappa shape index (κ3) is 15.7. The van der Waals surface area contributed by atoms with Crippen molar-refractivity contribution in [1.29, 1.82) is 0 Å². The minimum absolute atomic E-state index is 0. The zero-order valence-corrected chi connectivity index (χ0v) is 7.70. The molecule has 66 valence electrons. The zero-order chi connectivity index (χ0) is 6.62. The largest absolute Gasteiger partial charge is 1.00 e. The number of unbranched alkanes of at least 4 members (excludes halogenated alkanes) is 1. The Balaban J connectivity index is -0.000000245. The van der Waals surface area contributed by atoms with Crippen LogP contribution in [0.4, 0.5) is 0 Å². The Kier molecular flexibility index (Phi) is 12.3. The van der Waals surface area contributed by atoms with Crippen molar-refractivity contribution in [3.8, 4) is 0 Å². The molecule has 0 aliphatic carbocycles. The number of halogens is 1. The van der Waals surface area contributed by atoms with E-state index in [2.05, 4.69) is 28.1 Å². The van der Waals surface area contributed by atoms with E-state index in [0.717, 1.165) is 4.48 Å². The van der Waals surface area contributed by atoms with Crippen molar-refractivity contribution in [3.63, 3.8) is 0 Å². The Bertz CT molecular complexity index is 56.8. The summed E-state index contributed by atoms with van der Waals surface area (Å²) in [5.41, 5.74) is 0. The van der Waals surface area contributed by atoms with Crippen molar-refractivity contribution in [2.24, 2.45) is 0 Å². The molecule has 0 aromatic carbocycles. The van der Waals surface area contributed by atoms with Crippen molar-refractivity contribution >= 4 is 0 Å². The third-order valence-electron chi connectivity index (χ3n) is 1.18. The van der Waals surface area contributed by atoms with Gasteiger partial charge in [-0.15, -0.1) is 0 Å². The van der Waals surface area contributed by atoms with Crippen LogP contribution in [-0.2, 0) is 0 Å². The lowest BCUT2D eigenvalue weighted by Crippen LogP contribution is -3.00. The second kappa shape index (κ2) is 7.36. The Morgan fingerprint density at radius 3 is 1.60 bits per heavy atom. The molecule has 10 heavy (non-hydrogen) atoms. The molecule has 0 aliphatic rings. The lowest BCUT2D eigenvalue weighted by atomic mass is 10.3. The summed E-state index contributed by atoms with van der Waals surface area (Å²) in [6.07, 6.45) is 2.67. The van der Waals surface area contributed by atoms with Gasteiger partial charge in [-0.2, -0.15) is 0 Å². The van der Waals surface area contributed by atoms with E-state index in [0.29, 0.717) is 0 Å². The van der Waals surface area contributed by atoms with Crippen LogP contribution in [0.25, 0.3) is 0 Å². The van der Waals surface area contributed by atoms with Crippen molar-refractivity contribution in [2.75, 3.05) is 27.7 Å². The first-order chi connectivity index (χ1) is 3.56. The average Bonchev–Trinajstić information content (AvgIpc) is 1.59. The minimum Gasteiger partial charge on any atom is -1.00 e. The van der Waals surface area contributed by atoms with Crippen LogP contribution in [0, 0.1) is 0 Å². The summed E-state index contributed by atoms with van der Waals surface area (Å²) in [7, 11) is 6.70. The SMILES string of the molecule is C.CCCC[N+](C)(C)C.[Cl-]. The number of rotatable bonds is 3. The van der Waals surface area contributed by atoms with Gasteiger partial charge in [-0.1, -0.05) is 20.8 Å². The molecule has 0 aromatic heterocycles. The predicted molar refractivity (Wildman–Crippen MR) is 44.5 cm³/mol.